The first-order chi connectivity index (χ1) is 7.60. The Morgan fingerprint density at radius 3 is 2.25 bits per heavy atom. The second-order valence-corrected chi connectivity index (χ2v) is 3.87. The summed E-state index contributed by atoms with van der Waals surface area (Å²) in [4.78, 5) is 0. The van der Waals surface area contributed by atoms with E-state index in [1.807, 2.05) is 0 Å². The fourth-order valence-electron chi connectivity index (χ4n) is 1.56. The SMILES string of the molecule is CCCCCc1ccc(C(F)(F)OC)cc1. The lowest BCUT2D eigenvalue weighted by Gasteiger charge is -2.14. The Morgan fingerprint density at radius 1 is 1.12 bits per heavy atom. The standard InChI is InChI=1S/C13H18F2O/c1-3-4-5-6-11-7-9-12(10-8-11)13(14,15)16-2/h7-10H,3-6H2,1-2H3. The molecule has 0 aliphatic heterocycles. The number of benzene rings is 1. The highest BCUT2D eigenvalue weighted by atomic mass is 19.3. The van der Waals surface area contributed by atoms with Crippen molar-refractivity contribution in [2.75, 3.05) is 7.11 Å². The second kappa shape index (κ2) is 5.94. The van der Waals surface area contributed by atoms with E-state index >= 15 is 0 Å². The highest BCUT2D eigenvalue weighted by molar-refractivity contribution is 5.24. The molecule has 0 saturated carbocycles. The van der Waals surface area contributed by atoms with Gasteiger partial charge in [0, 0.05) is 7.11 Å². The van der Waals surface area contributed by atoms with Gasteiger partial charge in [-0.05, 0) is 18.4 Å². The third-order valence-corrected chi connectivity index (χ3v) is 2.62. The van der Waals surface area contributed by atoms with Gasteiger partial charge in [-0.15, -0.1) is 0 Å². The Morgan fingerprint density at radius 2 is 1.75 bits per heavy atom. The Kier molecular flexibility index (Phi) is 4.87. The van der Waals surface area contributed by atoms with Crippen molar-refractivity contribution in [2.24, 2.45) is 0 Å². The van der Waals surface area contributed by atoms with E-state index in [1.54, 1.807) is 12.1 Å². The Hall–Kier alpha value is -0.960. The van der Waals surface area contributed by atoms with Crippen LogP contribution >= 0.6 is 0 Å². The van der Waals surface area contributed by atoms with Crippen LogP contribution in [0.4, 0.5) is 8.78 Å². The van der Waals surface area contributed by atoms with Crippen LogP contribution in [0.2, 0.25) is 0 Å². The lowest BCUT2D eigenvalue weighted by Crippen LogP contribution is -2.15. The van der Waals surface area contributed by atoms with E-state index in [-0.39, 0.29) is 5.56 Å². The minimum Gasteiger partial charge on any atom is -0.320 e. The number of ether oxygens (including phenoxy) is 1. The Bertz CT molecular complexity index is 306. The molecule has 1 aromatic rings. The van der Waals surface area contributed by atoms with Crippen molar-refractivity contribution in [3.8, 4) is 0 Å². The van der Waals surface area contributed by atoms with Crippen LogP contribution in [-0.2, 0) is 17.3 Å². The van der Waals surface area contributed by atoms with Crippen molar-refractivity contribution in [1.82, 2.24) is 0 Å². The van der Waals surface area contributed by atoms with Crippen molar-refractivity contribution < 1.29 is 13.5 Å². The molecule has 90 valence electrons. The van der Waals surface area contributed by atoms with Gasteiger partial charge in [-0.1, -0.05) is 44.0 Å². The molecular formula is C13H18F2O. The summed E-state index contributed by atoms with van der Waals surface area (Å²) in [6.07, 6.45) is 1.22. The molecule has 0 spiro atoms. The molecule has 3 heteroatoms. The maximum atomic E-state index is 13.1. The molecule has 0 saturated heterocycles. The molecule has 0 radical (unpaired) electrons. The molecule has 0 aliphatic rings. The average molecular weight is 228 g/mol. The number of hydrogen-bond donors (Lipinski definition) is 0. The molecule has 0 fully saturated rings. The van der Waals surface area contributed by atoms with E-state index in [1.165, 1.54) is 25.0 Å². The molecule has 0 aromatic heterocycles. The lowest BCUT2D eigenvalue weighted by atomic mass is 10.1. The van der Waals surface area contributed by atoms with Crippen molar-refractivity contribution in [2.45, 2.75) is 38.7 Å². The molecule has 0 N–H and O–H groups in total. The first-order valence-corrected chi connectivity index (χ1v) is 5.62. The Labute approximate surface area is 95.4 Å². The first kappa shape index (κ1) is 13.1. The first-order valence-electron chi connectivity index (χ1n) is 5.62. The van der Waals surface area contributed by atoms with Crippen LogP contribution < -0.4 is 0 Å². The lowest BCUT2D eigenvalue weighted by molar-refractivity contribution is -0.231. The Balaban J connectivity index is 2.61. The zero-order valence-electron chi connectivity index (χ0n) is 9.80. The van der Waals surface area contributed by atoms with Crippen LogP contribution in [0.5, 0.6) is 0 Å². The van der Waals surface area contributed by atoms with E-state index < -0.39 is 6.11 Å². The molecule has 0 amide bonds. The molecule has 0 heterocycles. The summed E-state index contributed by atoms with van der Waals surface area (Å²) in [5, 5.41) is 0. The van der Waals surface area contributed by atoms with Gasteiger partial charge in [0.1, 0.15) is 0 Å². The fraction of sp³-hybridized carbons (Fsp3) is 0.538. The maximum Gasteiger partial charge on any atom is 0.383 e. The molecule has 0 unspecified atom stereocenters. The number of halogens is 2. The van der Waals surface area contributed by atoms with E-state index in [2.05, 4.69) is 11.7 Å². The van der Waals surface area contributed by atoms with Gasteiger partial charge in [0.15, 0.2) is 0 Å². The molecule has 1 aromatic carbocycles. The third-order valence-electron chi connectivity index (χ3n) is 2.62. The van der Waals surface area contributed by atoms with Crippen molar-refractivity contribution in [1.29, 1.82) is 0 Å². The summed E-state index contributed by atoms with van der Waals surface area (Å²) in [6, 6.07) is 6.37. The number of aryl methyl sites for hydroxylation is 1. The smallest absolute Gasteiger partial charge is 0.320 e. The van der Waals surface area contributed by atoms with Crippen LogP contribution in [0.25, 0.3) is 0 Å². The normalized spacial score (nSPS) is 11.8. The van der Waals surface area contributed by atoms with E-state index in [0.29, 0.717) is 0 Å². The number of hydrogen-bond acceptors (Lipinski definition) is 1. The van der Waals surface area contributed by atoms with Crippen LogP contribution in [-0.4, -0.2) is 7.11 Å². The van der Waals surface area contributed by atoms with Gasteiger partial charge in [-0.25, -0.2) is 0 Å². The highest BCUT2D eigenvalue weighted by Crippen LogP contribution is 2.28. The summed E-state index contributed by atoms with van der Waals surface area (Å²) in [5.74, 6) is 0. The highest BCUT2D eigenvalue weighted by Gasteiger charge is 2.30. The number of rotatable bonds is 6. The largest absolute Gasteiger partial charge is 0.383 e. The van der Waals surface area contributed by atoms with Gasteiger partial charge in [0.2, 0.25) is 0 Å². The third kappa shape index (κ3) is 3.56. The van der Waals surface area contributed by atoms with Crippen molar-refractivity contribution in [3.05, 3.63) is 35.4 Å². The van der Waals surface area contributed by atoms with E-state index in [4.69, 9.17) is 0 Å². The quantitative estimate of drug-likeness (QED) is 0.666. The monoisotopic (exact) mass is 228 g/mol. The topological polar surface area (TPSA) is 9.23 Å². The predicted molar refractivity (Wildman–Crippen MR) is 60.6 cm³/mol. The van der Waals surface area contributed by atoms with Gasteiger partial charge in [0.25, 0.3) is 0 Å². The molecule has 0 aliphatic carbocycles. The molecule has 0 bridgehead atoms. The van der Waals surface area contributed by atoms with Gasteiger partial charge in [-0.3, -0.25) is 0 Å². The van der Waals surface area contributed by atoms with Gasteiger partial charge < -0.3 is 4.74 Å². The molecule has 16 heavy (non-hydrogen) atoms. The second-order valence-electron chi connectivity index (χ2n) is 3.87. The van der Waals surface area contributed by atoms with E-state index in [9.17, 15) is 8.78 Å². The van der Waals surface area contributed by atoms with Crippen molar-refractivity contribution >= 4 is 0 Å². The number of alkyl halides is 2. The molecular weight excluding hydrogens is 210 g/mol. The summed E-state index contributed by atoms with van der Waals surface area (Å²) in [5.41, 5.74) is 1.01. The van der Waals surface area contributed by atoms with Gasteiger partial charge in [0.05, 0.1) is 5.56 Å². The number of unbranched alkanes of at least 4 members (excludes halogenated alkanes) is 2. The van der Waals surface area contributed by atoms with Gasteiger partial charge in [-0.2, -0.15) is 8.78 Å². The van der Waals surface area contributed by atoms with Crippen LogP contribution in [0.3, 0.4) is 0 Å². The van der Waals surface area contributed by atoms with E-state index in [0.717, 1.165) is 25.5 Å². The van der Waals surface area contributed by atoms with Crippen LogP contribution in [0.1, 0.15) is 37.3 Å². The predicted octanol–water partition coefficient (Wildman–Crippen LogP) is 4.12. The zero-order chi connectivity index (χ0) is 12.0. The van der Waals surface area contributed by atoms with Crippen LogP contribution in [0, 0.1) is 0 Å². The minimum atomic E-state index is -3.18. The summed E-state index contributed by atoms with van der Waals surface area (Å²) >= 11 is 0. The minimum absolute atomic E-state index is 0.0887. The van der Waals surface area contributed by atoms with Gasteiger partial charge >= 0.3 is 6.11 Å². The average Bonchev–Trinajstić information content (AvgIpc) is 2.30. The zero-order valence-corrected chi connectivity index (χ0v) is 9.80. The summed E-state index contributed by atoms with van der Waals surface area (Å²) in [7, 11) is 1.01. The van der Waals surface area contributed by atoms with Crippen LogP contribution in [0.15, 0.2) is 24.3 Å². The maximum absolute atomic E-state index is 13.1. The van der Waals surface area contributed by atoms with Crippen molar-refractivity contribution in [3.63, 3.8) is 0 Å². The summed E-state index contributed by atoms with van der Waals surface area (Å²) in [6.45, 7) is 2.14. The molecule has 1 nitrogen and oxygen atoms in total. The summed E-state index contributed by atoms with van der Waals surface area (Å²) < 4.78 is 30.3. The molecule has 1 rings (SSSR count). The molecule has 0 atom stereocenters. The number of methoxy groups -OCH3 is 1. The fourth-order valence-corrected chi connectivity index (χ4v) is 1.56.